The number of aryl methyl sites for hydroxylation is 2. The molecule has 0 aliphatic carbocycles. The number of rotatable bonds is 1. The standard InChI is InChI=1S/C15H13FO3S/c16-13-5-6-14-12(8-13)4-3-11-2-1-10(9-17)7-15(11)20(14,18)19/h1-2,5-8,17H,3-4,9H2. The molecular weight excluding hydrogens is 279 g/mol. The SMILES string of the molecule is O=S1(=O)c2ccc(F)cc2CCc2ccc(CO)cc21. The highest BCUT2D eigenvalue weighted by Crippen LogP contribution is 2.32. The summed E-state index contributed by atoms with van der Waals surface area (Å²) in [5.41, 5.74) is 1.77. The van der Waals surface area contributed by atoms with E-state index in [2.05, 4.69) is 0 Å². The number of hydrogen-bond donors (Lipinski definition) is 1. The zero-order chi connectivity index (χ0) is 14.3. The third kappa shape index (κ3) is 2.03. The lowest BCUT2D eigenvalue weighted by Gasteiger charge is -2.09. The van der Waals surface area contributed by atoms with Crippen LogP contribution in [0.1, 0.15) is 16.7 Å². The second-order valence-electron chi connectivity index (χ2n) is 4.86. The summed E-state index contributed by atoms with van der Waals surface area (Å²) >= 11 is 0. The third-order valence-electron chi connectivity index (χ3n) is 3.58. The molecule has 20 heavy (non-hydrogen) atoms. The average Bonchev–Trinajstić information content (AvgIpc) is 2.54. The van der Waals surface area contributed by atoms with Gasteiger partial charge in [-0.3, -0.25) is 0 Å². The molecule has 3 rings (SSSR count). The summed E-state index contributed by atoms with van der Waals surface area (Å²) in [4.78, 5) is 0.377. The fourth-order valence-corrected chi connectivity index (χ4v) is 4.36. The van der Waals surface area contributed by atoms with Crippen LogP contribution in [0.2, 0.25) is 0 Å². The summed E-state index contributed by atoms with van der Waals surface area (Å²) in [6.45, 7) is -0.209. The lowest BCUT2D eigenvalue weighted by atomic mass is 10.0. The van der Waals surface area contributed by atoms with Crippen molar-refractivity contribution in [2.45, 2.75) is 29.2 Å². The minimum Gasteiger partial charge on any atom is -0.392 e. The second kappa shape index (κ2) is 4.68. The maximum Gasteiger partial charge on any atom is 0.207 e. The predicted molar refractivity (Wildman–Crippen MR) is 71.6 cm³/mol. The van der Waals surface area contributed by atoms with Gasteiger partial charge in [0.1, 0.15) is 5.82 Å². The number of aliphatic hydroxyl groups is 1. The van der Waals surface area contributed by atoms with Crippen molar-refractivity contribution in [3.05, 3.63) is 58.9 Å². The van der Waals surface area contributed by atoms with Gasteiger partial charge in [0.15, 0.2) is 0 Å². The number of halogens is 1. The van der Waals surface area contributed by atoms with Gasteiger partial charge in [0.05, 0.1) is 16.4 Å². The van der Waals surface area contributed by atoms with Gasteiger partial charge in [0.2, 0.25) is 9.84 Å². The van der Waals surface area contributed by atoms with Crippen molar-refractivity contribution < 1.29 is 17.9 Å². The molecular formula is C15H13FO3S. The van der Waals surface area contributed by atoms with E-state index in [4.69, 9.17) is 5.11 Å². The minimum atomic E-state index is -3.66. The van der Waals surface area contributed by atoms with Crippen LogP contribution in [-0.2, 0) is 29.3 Å². The van der Waals surface area contributed by atoms with Crippen molar-refractivity contribution in [3.8, 4) is 0 Å². The molecule has 0 amide bonds. The minimum absolute atomic E-state index is 0.160. The average molecular weight is 292 g/mol. The van der Waals surface area contributed by atoms with Gasteiger partial charge in [-0.25, -0.2) is 12.8 Å². The Kier molecular flexibility index (Phi) is 3.11. The molecule has 0 bridgehead atoms. The third-order valence-corrected chi connectivity index (χ3v) is 5.52. The van der Waals surface area contributed by atoms with Crippen LogP contribution < -0.4 is 0 Å². The number of hydrogen-bond acceptors (Lipinski definition) is 3. The Bertz CT molecular complexity index is 782. The summed E-state index contributed by atoms with van der Waals surface area (Å²) in [6, 6.07) is 8.71. The predicted octanol–water partition coefficient (Wildman–Crippen LogP) is 2.25. The Labute approximate surface area is 116 Å². The van der Waals surface area contributed by atoms with Crippen LogP contribution >= 0.6 is 0 Å². The second-order valence-corrected chi connectivity index (χ2v) is 6.74. The molecule has 0 unspecified atom stereocenters. The van der Waals surface area contributed by atoms with Gasteiger partial charge in [-0.1, -0.05) is 12.1 Å². The van der Waals surface area contributed by atoms with Gasteiger partial charge < -0.3 is 5.11 Å². The molecule has 2 aromatic carbocycles. The van der Waals surface area contributed by atoms with Crippen LogP contribution in [0.15, 0.2) is 46.2 Å². The number of aliphatic hydroxyl groups excluding tert-OH is 1. The van der Waals surface area contributed by atoms with Crippen molar-refractivity contribution in [1.29, 1.82) is 0 Å². The smallest absolute Gasteiger partial charge is 0.207 e. The lowest BCUT2D eigenvalue weighted by molar-refractivity contribution is 0.281. The molecule has 104 valence electrons. The van der Waals surface area contributed by atoms with E-state index < -0.39 is 15.7 Å². The number of benzene rings is 2. The normalized spacial score (nSPS) is 16.1. The van der Waals surface area contributed by atoms with Crippen molar-refractivity contribution in [2.24, 2.45) is 0 Å². The van der Waals surface area contributed by atoms with Crippen LogP contribution in [0.3, 0.4) is 0 Å². The van der Waals surface area contributed by atoms with Gasteiger partial charge >= 0.3 is 0 Å². The highest BCUT2D eigenvalue weighted by Gasteiger charge is 2.27. The number of fused-ring (bicyclic) bond motifs is 2. The maximum atomic E-state index is 13.3. The first-order valence-corrected chi connectivity index (χ1v) is 7.77. The highest BCUT2D eigenvalue weighted by molar-refractivity contribution is 7.91. The van der Waals surface area contributed by atoms with Gasteiger partial charge in [0, 0.05) is 0 Å². The van der Waals surface area contributed by atoms with Crippen molar-refractivity contribution >= 4 is 9.84 Å². The van der Waals surface area contributed by atoms with E-state index in [0.717, 1.165) is 6.07 Å². The highest BCUT2D eigenvalue weighted by atomic mass is 32.2. The summed E-state index contributed by atoms with van der Waals surface area (Å²) < 4.78 is 38.7. The van der Waals surface area contributed by atoms with Crippen molar-refractivity contribution in [3.63, 3.8) is 0 Å². The van der Waals surface area contributed by atoms with Gasteiger partial charge in [-0.15, -0.1) is 0 Å². The largest absolute Gasteiger partial charge is 0.392 e. The van der Waals surface area contributed by atoms with Gasteiger partial charge in [0.25, 0.3) is 0 Å². The van der Waals surface area contributed by atoms with Crippen LogP contribution in [0.5, 0.6) is 0 Å². The van der Waals surface area contributed by atoms with E-state index in [9.17, 15) is 12.8 Å². The van der Waals surface area contributed by atoms with E-state index >= 15 is 0 Å². The number of sulfone groups is 1. The maximum absolute atomic E-state index is 13.3. The first kappa shape index (κ1) is 13.3. The molecule has 0 spiro atoms. The van der Waals surface area contributed by atoms with Crippen LogP contribution in [0.4, 0.5) is 4.39 Å². The fourth-order valence-electron chi connectivity index (χ4n) is 2.55. The molecule has 0 radical (unpaired) electrons. The van der Waals surface area contributed by atoms with Crippen molar-refractivity contribution in [2.75, 3.05) is 0 Å². The molecule has 3 nitrogen and oxygen atoms in total. The Morgan fingerprint density at radius 2 is 1.75 bits per heavy atom. The molecule has 0 fully saturated rings. The molecule has 2 aromatic rings. The van der Waals surface area contributed by atoms with E-state index in [0.29, 0.717) is 29.5 Å². The molecule has 1 N–H and O–H groups in total. The summed E-state index contributed by atoms with van der Waals surface area (Å²) in [5, 5.41) is 9.17. The Morgan fingerprint density at radius 3 is 2.50 bits per heavy atom. The molecule has 0 atom stereocenters. The van der Waals surface area contributed by atoms with E-state index in [1.807, 2.05) is 0 Å². The first-order valence-electron chi connectivity index (χ1n) is 6.28. The molecule has 1 heterocycles. The Morgan fingerprint density at radius 1 is 1.00 bits per heavy atom. The molecule has 1 aliphatic heterocycles. The van der Waals surface area contributed by atoms with Crippen LogP contribution in [0.25, 0.3) is 0 Å². The van der Waals surface area contributed by atoms with Crippen LogP contribution in [-0.4, -0.2) is 13.5 Å². The van der Waals surface area contributed by atoms with E-state index in [1.165, 1.54) is 18.2 Å². The fraction of sp³-hybridized carbons (Fsp3) is 0.200. The Hall–Kier alpha value is -1.72. The summed E-state index contributed by atoms with van der Waals surface area (Å²) in [7, 11) is -3.66. The molecule has 0 saturated heterocycles. The zero-order valence-corrected chi connectivity index (χ0v) is 11.5. The topological polar surface area (TPSA) is 54.4 Å². The van der Waals surface area contributed by atoms with Crippen molar-refractivity contribution in [1.82, 2.24) is 0 Å². The zero-order valence-electron chi connectivity index (χ0n) is 10.6. The van der Waals surface area contributed by atoms with E-state index in [-0.39, 0.29) is 16.4 Å². The lowest BCUT2D eigenvalue weighted by Crippen LogP contribution is -2.05. The molecule has 1 aliphatic rings. The quantitative estimate of drug-likeness (QED) is 0.820. The first-order chi connectivity index (χ1) is 9.52. The summed E-state index contributed by atoms with van der Waals surface area (Å²) in [6.07, 6.45) is 1.02. The van der Waals surface area contributed by atoms with Gasteiger partial charge in [-0.05, 0) is 53.8 Å². The Balaban J connectivity index is 2.28. The van der Waals surface area contributed by atoms with Crippen LogP contribution in [0, 0.1) is 5.82 Å². The van der Waals surface area contributed by atoms with Gasteiger partial charge in [-0.2, -0.15) is 0 Å². The molecule has 5 heteroatoms. The molecule has 0 saturated carbocycles. The summed E-state index contributed by atoms with van der Waals surface area (Å²) in [5.74, 6) is -0.430. The monoisotopic (exact) mass is 292 g/mol. The molecule has 0 aromatic heterocycles. The van der Waals surface area contributed by atoms with E-state index in [1.54, 1.807) is 12.1 Å².